The van der Waals surface area contributed by atoms with Gasteiger partial charge in [0.05, 0.1) is 29.6 Å². The van der Waals surface area contributed by atoms with Crippen molar-refractivity contribution < 1.29 is 4.79 Å². The van der Waals surface area contributed by atoms with Gasteiger partial charge in [0.15, 0.2) is 0 Å². The maximum absolute atomic E-state index is 13.6. The van der Waals surface area contributed by atoms with Gasteiger partial charge in [0.1, 0.15) is 0 Å². The van der Waals surface area contributed by atoms with Crippen molar-refractivity contribution in [2.75, 3.05) is 0 Å². The second kappa shape index (κ2) is 9.74. The highest BCUT2D eigenvalue weighted by molar-refractivity contribution is 5.79. The zero-order valence-electron chi connectivity index (χ0n) is 19.9. The summed E-state index contributed by atoms with van der Waals surface area (Å²) >= 11 is 0. The Kier molecular flexibility index (Phi) is 6.36. The largest absolute Gasteiger partial charge is 0.353 e. The molecule has 0 aliphatic heterocycles. The molecule has 1 fully saturated rings. The fourth-order valence-electron chi connectivity index (χ4n) is 4.96. The molecule has 6 heteroatoms. The lowest BCUT2D eigenvalue weighted by Crippen LogP contribution is -2.39. The average Bonchev–Trinajstić information content (AvgIpc) is 3.37. The molecule has 1 amide bonds. The smallest absolute Gasteiger partial charge is 0.336 e. The van der Waals surface area contributed by atoms with Gasteiger partial charge in [0.25, 0.3) is 5.56 Å². The third-order valence-electron chi connectivity index (χ3n) is 6.92. The Balaban J connectivity index is 1.50. The van der Waals surface area contributed by atoms with Crippen LogP contribution in [0.15, 0.2) is 82.4 Å². The van der Waals surface area contributed by atoms with Crippen molar-refractivity contribution >= 4 is 16.8 Å². The topological polar surface area (TPSA) is 73.1 Å². The third kappa shape index (κ3) is 4.69. The third-order valence-corrected chi connectivity index (χ3v) is 6.92. The van der Waals surface area contributed by atoms with Crippen LogP contribution in [-0.2, 0) is 17.8 Å². The maximum Gasteiger partial charge on any atom is 0.336 e. The predicted molar refractivity (Wildman–Crippen MR) is 138 cm³/mol. The van der Waals surface area contributed by atoms with Crippen LogP contribution in [0.2, 0.25) is 0 Å². The van der Waals surface area contributed by atoms with Crippen molar-refractivity contribution in [2.24, 2.45) is 0 Å². The first-order valence-electron chi connectivity index (χ1n) is 12.2. The number of aromatic nitrogens is 2. The molecule has 0 saturated heterocycles. The van der Waals surface area contributed by atoms with Gasteiger partial charge in [0, 0.05) is 6.04 Å². The van der Waals surface area contributed by atoms with Gasteiger partial charge < -0.3 is 5.32 Å². The van der Waals surface area contributed by atoms with Crippen LogP contribution in [0.1, 0.15) is 42.4 Å². The summed E-state index contributed by atoms with van der Waals surface area (Å²) in [5, 5.41) is 3.59. The second-order valence-electron chi connectivity index (χ2n) is 9.35. The molecule has 0 unspecified atom stereocenters. The summed E-state index contributed by atoms with van der Waals surface area (Å²) in [4.78, 5) is 39.4. The van der Waals surface area contributed by atoms with Gasteiger partial charge in [-0.15, -0.1) is 0 Å². The number of benzene rings is 3. The van der Waals surface area contributed by atoms with Crippen LogP contribution in [-0.4, -0.2) is 21.1 Å². The molecule has 1 heterocycles. The minimum Gasteiger partial charge on any atom is -0.353 e. The molecule has 1 aliphatic rings. The Morgan fingerprint density at radius 2 is 1.60 bits per heavy atom. The molecule has 35 heavy (non-hydrogen) atoms. The first-order valence-corrected chi connectivity index (χ1v) is 12.2. The molecule has 0 spiro atoms. The number of rotatable bonds is 6. The molecular formula is C29H29N3O3. The summed E-state index contributed by atoms with van der Waals surface area (Å²) in [6.45, 7) is 2.38. The Morgan fingerprint density at radius 3 is 2.34 bits per heavy atom. The molecule has 3 aromatic carbocycles. The van der Waals surface area contributed by atoms with E-state index in [9.17, 15) is 14.4 Å². The van der Waals surface area contributed by atoms with E-state index in [0.29, 0.717) is 23.1 Å². The Hall–Kier alpha value is -3.93. The molecule has 4 aromatic rings. The minimum atomic E-state index is -0.385. The van der Waals surface area contributed by atoms with Crippen LogP contribution in [0.25, 0.3) is 16.6 Å². The highest BCUT2D eigenvalue weighted by Gasteiger charge is 2.18. The van der Waals surface area contributed by atoms with Gasteiger partial charge in [-0.1, -0.05) is 61.4 Å². The molecule has 0 bridgehead atoms. The van der Waals surface area contributed by atoms with Crippen molar-refractivity contribution in [3.8, 4) is 5.69 Å². The number of carbonyl (C=O) groups excluding carboxylic acids is 1. The molecule has 5 rings (SSSR count). The van der Waals surface area contributed by atoms with E-state index in [1.165, 1.54) is 17.4 Å². The van der Waals surface area contributed by atoms with Crippen molar-refractivity contribution in [1.82, 2.24) is 14.5 Å². The Morgan fingerprint density at radius 1 is 0.914 bits per heavy atom. The molecule has 1 N–H and O–H groups in total. The van der Waals surface area contributed by atoms with E-state index in [1.54, 1.807) is 22.8 Å². The number of carbonyl (C=O) groups is 1. The van der Waals surface area contributed by atoms with Crippen molar-refractivity contribution in [3.05, 3.63) is 110 Å². The number of nitrogens with one attached hydrogen (secondary N) is 1. The van der Waals surface area contributed by atoms with Crippen molar-refractivity contribution in [3.63, 3.8) is 0 Å². The number of hydrogen-bond acceptors (Lipinski definition) is 3. The average molecular weight is 468 g/mol. The maximum atomic E-state index is 13.6. The van der Waals surface area contributed by atoms with Crippen LogP contribution < -0.4 is 16.6 Å². The summed E-state index contributed by atoms with van der Waals surface area (Å²) < 4.78 is 2.88. The van der Waals surface area contributed by atoms with Crippen LogP contribution in [0.5, 0.6) is 0 Å². The second-order valence-corrected chi connectivity index (χ2v) is 9.35. The molecule has 1 saturated carbocycles. The zero-order chi connectivity index (χ0) is 24.4. The van der Waals surface area contributed by atoms with Crippen molar-refractivity contribution in [2.45, 2.75) is 51.6 Å². The van der Waals surface area contributed by atoms with Gasteiger partial charge in [-0.25, -0.2) is 9.36 Å². The number of nitrogens with zero attached hydrogens (tertiary/aromatic N) is 2. The van der Waals surface area contributed by atoms with Crippen LogP contribution in [0.4, 0.5) is 0 Å². The Labute approximate surface area is 203 Å². The fraction of sp³-hybridized carbons (Fsp3) is 0.276. The lowest BCUT2D eigenvalue weighted by molar-refractivity contribution is -0.121. The van der Waals surface area contributed by atoms with E-state index in [0.717, 1.165) is 29.5 Å². The summed E-state index contributed by atoms with van der Waals surface area (Å²) in [5.74, 6) is 0.00751. The fourth-order valence-corrected chi connectivity index (χ4v) is 4.96. The SMILES string of the molecule is Cc1ccccc1Cn1c(=O)n(-c2ccc(CC(=O)NC3CCCC3)cc2)c(=O)c2ccccc21. The first kappa shape index (κ1) is 22.8. The summed E-state index contributed by atoms with van der Waals surface area (Å²) in [7, 11) is 0. The molecule has 0 radical (unpaired) electrons. The normalized spacial score (nSPS) is 13.9. The van der Waals surface area contributed by atoms with Gasteiger partial charge >= 0.3 is 5.69 Å². The lowest BCUT2D eigenvalue weighted by Gasteiger charge is -2.16. The highest BCUT2D eigenvalue weighted by atomic mass is 16.2. The molecule has 1 aromatic heterocycles. The van der Waals surface area contributed by atoms with E-state index >= 15 is 0 Å². The van der Waals surface area contributed by atoms with E-state index in [1.807, 2.05) is 61.5 Å². The number of fused-ring (bicyclic) bond motifs is 1. The molecular weight excluding hydrogens is 438 g/mol. The van der Waals surface area contributed by atoms with Gasteiger partial charge in [-0.3, -0.25) is 14.2 Å². The van der Waals surface area contributed by atoms with Gasteiger partial charge in [-0.05, 0) is 60.7 Å². The van der Waals surface area contributed by atoms with Gasteiger partial charge in [0.2, 0.25) is 5.91 Å². The van der Waals surface area contributed by atoms with E-state index in [2.05, 4.69) is 5.32 Å². The first-order chi connectivity index (χ1) is 17.0. The molecule has 6 nitrogen and oxygen atoms in total. The highest BCUT2D eigenvalue weighted by Crippen LogP contribution is 2.18. The summed E-state index contributed by atoms with van der Waals surface area (Å²) in [6, 6.07) is 22.5. The van der Waals surface area contributed by atoms with Crippen LogP contribution in [0.3, 0.4) is 0 Å². The number of para-hydroxylation sites is 1. The van der Waals surface area contributed by atoms with Crippen molar-refractivity contribution in [1.29, 1.82) is 0 Å². The van der Waals surface area contributed by atoms with E-state index in [4.69, 9.17) is 0 Å². The molecule has 1 aliphatic carbocycles. The van der Waals surface area contributed by atoms with Crippen LogP contribution in [0, 0.1) is 6.92 Å². The zero-order valence-corrected chi connectivity index (χ0v) is 19.9. The summed E-state index contributed by atoms with van der Waals surface area (Å²) in [6.07, 6.45) is 4.71. The van der Waals surface area contributed by atoms with Crippen LogP contribution >= 0.6 is 0 Å². The summed E-state index contributed by atoms with van der Waals surface area (Å²) in [5.41, 5.74) is 3.32. The number of aryl methyl sites for hydroxylation is 1. The number of hydrogen-bond donors (Lipinski definition) is 1. The van der Waals surface area contributed by atoms with E-state index < -0.39 is 0 Å². The monoisotopic (exact) mass is 467 g/mol. The quantitative estimate of drug-likeness (QED) is 0.464. The van der Waals surface area contributed by atoms with E-state index in [-0.39, 0.29) is 29.6 Å². The number of amides is 1. The molecule has 0 atom stereocenters. The standard InChI is InChI=1S/C29H29N3O3/c1-20-8-2-3-9-22(20)19-31-26-13-7-6-12-25(26)28(34)32(29(31)35)24-16-14-21(15-17-24)18-27(33)30-23-10-4-5-11-23/h2-3,6-9,12-17,23H,4-5,10-11,18-19H2,1H3,(H,30,33). The minimum absolute atomic E-state index is 0.00751. The lowest BCUT2D eigenvalue weighted by atomic mass is 10.1. The Bertz CT molecular complexity index is 1490. The predicted octanol–water partition coefficient (Wildman–Crippen LogP) is 4.11. The van der Waals surface area contributed by atoms with Gasteiger partial charge in [-0.2, -0.15) is 0 Å². The molecule has 178 valence electrons.